The molecule has 0 radical (unpaired) electrons. The molecule has 2 unspecified atom stereocenters. The Hall–Kier alpha value is -0.0800. The molecule has 1 aliphatic heterocycles. The van der Waals surface area contributed by atoms with Crippen LogP contribution in [0.15, 0.2) is 0 Å². The van der Waals surface area contributed by atoms with E-state index in [9.17, 15) is 0 Å². The number of piperazine rings is 1. The lowest BCUT2D eigenvalue weighted by Crippen LogP contribution is -2.70. The molecular weight excluding hydrogens is 220 g/mol. The molecule has 0 aromatic rings. The van der Waals surface area contributed by atoms with Crippen molar-refractivity contribution in [3.8, 4) is 0 Å². The largest absolute Gasteiger partial charge is 0.308 e. The van der Waals surface area contributed by atoms with Crippen molar-refractivity contribution in [2.45, 2.75) is 82.8 Å². The van der Waals surface area contributed by atoms with Gasteiger partial charge in [-0.1, -0.05) is 19.8 Å². The van der Waals surface area contributed by atoms with E-state index in [-0.39, 0.29) is 0 Å². The summed E-state index contributed by atoms with van der Waals surface area (Å²) >= 11 is 0. The van der Waals surface area contributed by atoms with Gasteiger partial charge in [0.25, 0.3) is 0 Å². The SMILES string of the molecule is CCC1(C)CN(C2CCCC2)C(C)(C2CC2)CN1. The maximum Gasteiger partial charge on any atom is 0.0337 e. The molecule has 3 aliphatic rings. The van der Waals surface area contributed by atoms with Gasteiger partial charge in [-0.15, -0.1) is 0 Å². The molecule has 0 bridgehead atoms. The van der Waals surface area contributed by atoms with Crippen molar-refractivity contribution in [3.05, 3.63) is 0 Å². The lowest BCUT2D eigenvalue weighted by atomic mass is 9.82. The molecule has 2 aliphatic carbocycles. The molecule has 1 heterocycles. The van der Waals surface area contributed by atoms with Gasteiger partial charge < -0.3 is 5.32 Å². The summed E-state index contributed by atoms with van der Waals surface area (Å²) in [5.41, 5.74) is 0.792. The Morgan fingerprint density at radius 2 is 1.78 bits per heavy atom. The number of rotatable bonds is 3. The van der Waals surface area contributed by atoms with Gasteiger partial charge in [-0.05, 0) is 51.9 Å². The van der Waals surface area contributed by atoms with Crippen LogP contribution in [0.1, 0.15) is 65.7 Å². The highest BCUT2D eigenvalue weighted by Crippen LogP contribution is 2.47. The lowest BCUT2D eigenvalue weighted by molar-refractivity contribution is -0.0253. The Labute approximate surface area is 113 Å². The molecule has 1 N–H and O–H groups in total. The third-order valence-electron chi connectivity index (χ3n) is 6.05. The van der Waals surface area contributed by atoms with E-state index in [1.807, 2.05) is 0 Å². The van der Waals surface area contributed by atoms with Crippen LogP contribution in [0.4, 0.5) is 0 Å². The van der Waals surface area contributed by atoms with Crippen LogP contribution in [0, 0.1) is 5.92 Å². The predicted molar refractivity (Wildman–Crippen MR) is 76.8 cm³/mol. The number of nitrogens with one attached hydrogen (secondary N) is 1. The molecule has 2 heteroatoms. The summed E-state index contributed by atoms with van der Waals surface area (Å²) in [5, 5.41) is 3.87. The summed E-state index contributed by atoms with van der Waals surface area (Å²) < 4.78 is 0. The van der Waals surface area contributed by atoms with Gasteiger partial charge in [0.1, 0.15) is 0 Å². The predicted octanol–water partition coefficient (Wildman–Crippen LogP) is 3.17. The fraction of sp³-hybridized carbons (Fsp3) is 1.00. The van der Waals surface area contributed by atoms with Crippen LogP contribution in [-0.2, 0) is 0 Å². The highest BCUT2D eigenvalue weighted by atomic mass is 15.3. The van der Waals surface area contributed by atoms with Crippen LogP contribution >= 0.6 is 0 Å². The molecule has 0 spiro atoms. The van der Waals surface area contributed by atoms with Gasteiger partial charge in [0.2, 0.25) is 0 Å². The molecule has 0 amide bonds. The molecular formula is C16H30N2. The van der Waals surface area contributed by atoms with Gasteiger partial charge in [-0.3, -0.25) is 4.90 Å². The average molecular weight is 250 g/mol. The van der Waals surface area contributed by atoms with Gasteiger partial charge in [0, 0.05) is 30.2 Å². The van der Waals surface area contributed by atoms with Crippen molar-refractivity contribution in [1.82, 2.24) is 10.2 Å². The second-order valence-electron chi connectivity index (χ2n) is 7.47. The lowest BCUT2D eigenvalue weighted by Gasteiger charge is -2.55. The molecule has 104 valence electrons. The van der Waals surface area contributed by atoms with Crippen molar-refractivity contribution in [1.29, 1.82) is 0 Å². The van der Waals surface area contributed by atoms with E-state index >= 15 is 0 Å². The number of hydrogen-bond donors (Lipinski definition) is 1. The first-order valence-corrected chi connectivity index (χ1v) is 8.09. The summed E-state index contributed by atoms with van der Waals surface area (Å²) in [7, 11) is 0. The summed E-state index contributed by atoms with van der Waals surface area (Å²) in [5.74, 6) is 0.965. The van der Waals surface area contributed by atoms with Gasteiger partial charge in [-0.25, -0.2) is 0 Å². The summed E-state index contributed by atoms with van der Waals surface area (Å²) in [6.07, 6.45) is 9.98. The molecule has 2 nitrogen and oxygen atoms in total. The first-order valence-electron chi connectivity index (χ1n) is 8.09. The summed E-state index contributed by atoms with van der Waals surface area (Å²) in [4.78, 5) is 2.93. The minimum Gasteiger partial charge on any atom is -0.308 e. The van der Waals surface area contributed by atoms with E-state index in [4.69, 9.17) is 0 Å². The molecule has 0 aromatic carbocycles. The molecule has 3 fully saturated rings. The third-order valence-corrected chi connectivity index (χ3v) is 6.05. The Morgan fingerprint density at radius 3 is 2.33 bits per heavy atom. The van der Waals surface area contributed by atoms with Crippen molar-refractivity contribution in [2.75, 3.05) is 13.1 Å². The topological polar surface area (TPSA) is 15.3 Å². The monoisotopic (exact) mass is 250 g/mol. The van der Waals surface area contributed by atoms with Crippen molar-refractivity contribution >= 4 is 0 Å². The third kappa shape index (κ3) is 2.12. The van der Waals surface area contributed by atoms with Crippen molar-refractivity contribution in [2.24, 2.45) is 5.92 Å². The van der Waals surface area contributed by atoms with Crippen LogP contribution in [-0.4, -0.2) is 35.1 Å². The van der Waals surface area contributed by atoms with E-state index in [1.54, 1.807) is 0 Å². The van der Waals surface area contributed by atoms with Crippen molar-refractivity contribution < 1.29 is 0 Å². The average Bonchev–Trinajstić information content (AvgIpc) is 3.10. The molecule has 2 atom stereocenters. The summed E-state index contributed by atoms with van der Waals surface area (Å²) in [6, 6.07) is 0.878. The Morgan fingerprint density at radius 1 is 1.11 bits per heavy atom. The fourth-order valence-corrected chi connectivity index (χ4v) is 4.19. The zero-order valence-corrected chi connectivity index (χ0v) is 12.5. The Balaban J connectivity index is 1.81. The van der Waals surface area contributed by atoms with Crippen LogP contribution < -0.4 is 5.32 Å². The van der Waals surface area contributed by atoms with E-state index in [0.29, 0.717) is 11.1 Å². The second-order valence-corrected chi connectivity index (χ2v) is 7.47. The highest BCUT2D eigenvalue weighted by Gasteiger charge is 2.52. The summed E-state index contributed by atoms with van der Waals surface area (Å²) in [6.45, 7) is 9.76. The van der Waals surface area contributed by atoms with Gasteiger partial charge in [-0.2, -0.15) is 0 Å². The Bertz CT molecular complexity index is 306. The molecule has 0 aromatic heterocycles. The highest BCUT2D eigenvalue weighted by molar-refractivity contribution is 5.09. The normalized spacial score (nSPS) is 43.5. The van der Waals surface area contributed by atoms with E-state index in [0.717, 1.165) is 12.0 Å². The van der Waals surface area contributed by atoms with E-state index in [1.165, 1.54) is 58.0 Å². The zero-order valence-electron chi connectivity index (χ0n) is 12.5. The maximum atomic E-state index is 3.87. The van der Waals surface area contributed by atoms with Gasteiger partial charge in [0.15, 0.2) is 0 Å². The van der Waals surface area contributed by atoms with E-state index < -0.39 is 0 Å². The number of nitrogens with zero attached hydrogens (tertiary/aromatic N) is 1. The standard InChI is InChI=1S/C16H30N2/c1-4-15(2)12-18(14-7-5-6-8-14)16(3,11-17-15)13-9-10-13/h13-14,17H,4-12H2,1-3H3. The van der Waals surface area contributed by atoms with Crippen molar-refractivity contribution in [3.63, 3.8) is 0 Å². The zero-order chi connectivity index (χ0) is 12.8. The first kappa shape index (κ1) is 12.9. The minimum absolute atomic E-state index is 0.344. The minimum atomic E-state index is 0.344. The first-order chi connectivity index (χ1) is 8.57. The van der Waals surface area contributed by atoms with Crippen LogP contribution in [0.5, 0.6) is 0 Å². The van der Waals surface area contributed by atoms with Gasteiger partial charge in [0.05, 0.1) is 0 Å². The quantitative estimate of drug-likeness (QED) is 0.827. The number of hydrogen-bond acceptors (Lipinski definition) is 2. The molecule has 3 rings (SSSR count). The molecule has 1 saturated heterocycles. The molecule has 2 saturated carbocycles. The van der Waals surface area contributed by atoms with Crippen LogP contribution in [0.25, 0.3) is 0 Å². The maximum absolute atomic E-state index is 3.87. The smallest absolute Gasteiger partial charge is 0.0337 e. The van der Waals surface area contributed by atoms with E-state index in [2.05, 4.69) is 31.0 Å². The van der Waals surface area contributed by atoms with Crippen LogP contribution in [0.2, 0.25) is 0 Å². The van der Waals surface area contributed by atoms with Crippen LogP contribution in [0.3, 0.4) is 0 Å². The van der Waals surface area contributed by atoms with Gasteiger partial charge >= 0.3 is 0 Å². The fourth-order valence-electron chi connectivity index (χ4n) is 4.19. The Kier molecular flexibility index (Phi) is 3.22. The second kappa shape index (κ2) is 4.49. The molecule has 18 heavy (non-hydrogen) atoms.